The Morgan fingerprint density at radius 2 is 2.00 bits per heavy atom. The molecule has 2 N–H and O–H groups in total. The summed E-state index contributed by atoms with van der Waals surface area (Å²) in [7, 11) is 0. The minimum Gasteiger partial charge on any atom is -0.329 e. The number of nitrogens with zero attached hydrogens (tertiary/aromatic N) is 5. The molecule has 1 aromatic heterocycles. The van der Waals surface area contributed by atoms with E-state index in [2.05, 4.69) is 51.6 Å². The largest absolute Gasteiger partial charge is 0.329 e. The van der Waals surface area contributed by atoms with Crippen molar-refractivity contribution < 1.29 is 0 Å². The topological polar surface area (TPSA) is 72.9 Å². The molecule has 6 heteroatoms. The van der Waals surface area contributed by atoms with Gasteiger partial charge in [-0.2, -0.15) is 0 Å². The van der Waals surface area contributed by atoms with Gasteiger partial charge in [0.15, 0.2) is 5.82 Å². The highest BCUT2D eigenvalue weighted by atomic mass is 15.5. The van der Waals surface area contributed by atoms with Gasteiger partial charge in [0, 0.05) is 26.2 Å². The van der Waals surface area contributed by atoms with Crippen LogP contribution in [0.5, 0.6) is 0 Å². The zero-order valence-corrected chi connectivity index (χ0v) is 12.6. The lowest BCUT2D eigenvalue weighted by Crippen LogP contribution is -2.30. The van der Waals surface area contributed by atoms with E-state index < -0.39 is 0 Å². The number of tetrazole rings is 1. The molecule has 0 amide bonds. The van der Waals surface area contributed by atoms with Gasteiger partial charge in [-0.3, -0.25) is 4.90 Å². The molecule has 0 aliphatic heterocycles. The molecule has 114 valence electrons. The van der Waals surface area contributed by atoms with E-state index in [4.69, 9.17) is 5.73 Å². The molecule has 0 fully saturated rings. The normalized spacial score (nSPS) is 11.2. The molecule has 21 heavy (non-hydrogen) atoms. The van der Waals surface area contributed by atoms with Gasteiger partial charge in [0.25, 0.3) is 0 Å². The number of aryl methyl sites for hydroxylation is 1. The van der Waals surface area contributed by atoms with Crippen molar-refractivity contribution in [2.24, 2.45) is 5.73 Å². The van der Waals surface area contributed by atoms with Crippen LogP contribution in [-0.2, 0) is 19.6 Å². The Morgan fingerprint density at radius 1 is 1.19 bits per heavy atom. The maximum Gasteiger partial charge on any atom is 0.165 e. The maximum absolute atomic E-state index is 5.73. The molecular formula is C15H24N6. The van der Waals surface area contributed by atoms with Crippen LogP contribution in [0, 0.1) is 0 Å². The lowest BCUT2D eigenvalue weighted by molar-refractivity contribution is 0.251. The Bertz CT molecular complexity index is 510. The first kappa shape index (κ1) is 15.6. The van der Waals surface area contributed by atoms with E-state index in [1.807, 2.05) is 10.7 Å². The third-order valence-electron chi connectivity index (χ3n) is 3.39. The van der Waals surface area contributed by atoms with Crippen molar-refractivity contribution in [3.63, 3.8) is 0 Å². The van der Waals surface area contributed by atoms with E-state index in [1.54, 1.807) is 0 Å². The fraction of sp³-hybridized carbons (Fsp3) is 0.533. The summed E-state index contributed by atoms with van der Waals surface area (Å²) in [6.07, 6.45) is 2.23. The molecule has 1 aromatic carbocycles. The molecule has 6 nitrogen and oxygen atoms in total. The first-order valence-electron chi connectivity index (χ1n) is 7.55. The van der Waals surface area contributed by atoms with E-state index in [-0.39, 0.29) is 0 Å². The molecule has 1 heterocycles. The molecule has 0 aliphatic carbocycles. The minimum atomic E-state index is 0.628. The first-order valence-corrected chi connectivity index (χ1v) is 7.55. The predicted molar refractivity (Wildman–Crippen MR) is 82.3 cm³/mol. The predicted octanol–water partition coefficient (Wildman–Crippen LogP) is 1.43. The van der Waals surface area contributed by atoms with E-state index in [0.29, 0.717) is 6.54 Å². The summed E-state index contributed by atoms with van der Waals surface area (Å²) in [5.74, 6) is 0.910. The van der Waals surface area contributed by atoms with Crippen LogP contribution in [0.25, 0.3) is 0 Å². The summed E-state index contributed by atoms with van der Waals surface area (Å²) in [6, 6.07) is 10.4. The van der Waals surface area contributed by atoms with Gasteiger partial charge in [0.2, 0.25) is 0 Å². The van der Waals surface area contributed by atoms with Crippen LogP contribution in [0.1, 0.15) is 31.2 Å². The molecule has 0 saturated heterocycles. The molecule has 0 aliphatic rings. The van der Waals surface area contributed by atoms with Crippen LogP contribution in [-0.4, -0.2) is 38.2 Å². The Hall–Kier alpha value is -1.79. The van der Waals surface area contributed by atoms with Crippen LogP contribution in [0.15, 0.2) is 30.3 Å². The van der Waals surface area contributed by atoms with E-state index in [1.165, 1.54) is 5.56 Å². The van der Waals surface area contributed by atoms with E-state index in [0.717, 1.165) is 44.8 Å². The van der Waals surface area contributed by atoms with Crippen LogP contribution in [0.3, 0.4) is 0 Å². The van der Waals surface area contributed by atoms with Crippen molar-refractivity contribution in [2.45, 2.75) is 39.4 Å². The van der Waals surface area contributed by atoms with Crippen LogP contribution >= 0.6 is 0 Å². The van der Waals surface area contributed by atoms with Crippen molar-refractivity contribution >= 4 is 0 Å². The Kier molecular flexibility index (Phi) is 6.30. The number of rotatable bonds is 9. The average Bonchev–Trinajstić information content (AvgIpc) is 2.93. The van der Waals surface area contributed by atoms with Crippen molar-refractivity contribution in [1.29, 1.82) is 0 Å². The van der Waals surface area contributed by atoms with Crippen molar-refractivity contribution in [3.05, 3.63) is 41.7 Å². The second kappa shape index (κ2) is 8.49. The summed E-state index contributed by atoms with van der Waals surface area (Å²) in [5, 5.41) is 12.0. The molecule has 0 saturated carbocycles. The molecule has 0 bridgehead atoms. The van der Waals surface area contributed by atoms with Crippen LogP contribution < -0.4 is 5.73 Å². The van der Waals surface area contributed by atoms with Gasteiger partial charge in [0.05, 0.1) is 6.54 Å². The number of nitrogens with two attached hydrogens (primary N) is 1. The van der Waals surface area contributed by atoms with E-state index in [9.17, 15) is 0 Å². The van der Waals surface area contributed by atoms with Gasteiger partial charge in [-0.15, -0.1) is 5.10 Å². The Balaban J connectivity index is 2.00. The minimum absolute atomic E-state index is 0.628. The van der Waals surface area contributed by atoms with Gasteiger partial charge >= 0.3 is 0 Å². The second-order valence-corrected chi connectivity index (χ2v) is 5.16. The Labute approximate surface area is 125 Å². The Morgan fingerprint density at radius 3 is 2.71 bits per heavy atom. The molecule has 0 spiro atoms. The summed E-state index contributed by atoms with van der Waals surface area (Å²) >= 11 is 0. The SMILES string of the molecule is CCCCn1nnnc1CN(CCN)Cc1ccccc1. The van der Waals surface area contributed by atoms with Crippen LogP contribution in [0.4, 0.5) is 0 Å². The van der Waals surface area contributed by atoms with Gasteiger partial charge < -0.3 is 5.73 Å². The number of hydrogen-bond acceptors (Lipinski definition) is 5. The van der Waals surface area contributed by atoms with Gasteiger partial charge in [-0.1, -0.05) is 43.7 Å². The number of unbranched alkanes of at least 4 members (excludes halogenated alkanes) is 1. The van der Waals surface area contributed by atoms with Crippen molar-refractivity contribution in [1.82, 2.24) is 25.1 Å². The summed E-state index contributed by atoms with van der Waals surface area (Å²) in [4.78, 5) is 2.28. The lowest BCUT2D eigenvalue weighted by atomic mass is 10.2. The van der Waals surface area contributed by atoms with Crippen molar-refractivity contribution in [2.75, 3.05) is 13.1 Å². The third-order valence-corrected chi connectivity index (χ3v) is 3.39. The summed E-state index contributed by atoms with van der Waals surface area (Å²) in [5.41, 5.74) is 7.01. The summed E-state index contributed by atoms with van der Waals surface area (Å²) in [6.45, 7) is 6.08. The van der Waals surface area contributed by atoms with Gasteiger partial charge in [0.1, 0.15) is 0 Å². The highest BCUT2D eigenvalue weighted by molar-refractivity contribution is 5.14. The smallest absolute Gasteiger partial charge is 0.165 e. The average molecular weight is 288 g/mol. The highest BCUT2D eigenvalue weighted by Gasteiger charge is 2.12. The molecular weight excluding hydrogens is 264 g/mol. The van der Waals surface area contributed by atoms with Gasteiger partial charge in [-0.05, 0) is 22.4 Å². The number of hydrogen-bond donors (Lipinski definition) is 1. The first-order chi connectivity index (χ1) is 10.3. The molecule has 0 radical (unpaired) electrons. The van der Waals surface area contributed by atoms with E-state index >= 15 is 0 Å². The molecule has 2 aromatic rings. The van der Waals surface area contributed by atoms with Gasteiger partial charge in [-0.25, -0.2) is 4.68 Å². The standard InChI is InChI=1S/C15H24N6/c1-2-3-10-21-15(17-18-19-21)13-20(11-9-16)12-14-7-5-4-6-8-14/h4-8H,2-3,9-13,16H2,1H3. The maximum atomic E-state index is 5.73. The zero-order valence-electron chi connectivity index (χ0n) is 12.6. The fourth-order valence-corrected chi connectivity index (χ4v) is 2.26. The molecule has 0 unspecified atom stereocenters. The monoisotopic (exact) mass is 288 g/mol. The second-order valence-electron chi connectivity index (χ2n) is 5.16. The third kappa shape index (κ3) is 4.91. The number of aromatic nitrogens is 4. The zero-order chi connectivity index (χ0) is 14.9. The van der Waals surface area contributed by atoms with Crippen molar-refractivity contribution in [3.8, 4) is 0 Å². The fourth-order valence-electron chi connectivity index (χ4n) is 2.26. The quantitative estimate of drug-likeness (QED) is 0.756. The summed E-state index contributed by atoms with van der Waals surface area (Å²) < 4.78 is 1.90. The highest BCUT2D eigenvalue weighted by Crippen LogP contribution is 2.08. The molecule has 0 atom stereocenters. The molecule has 2 rings (SSSR count). The number of benzene rings is 1. The lowest BCUT2D eigenvalue weighted by Gasteiger charge is -2.21. The van der Waals surface area contributed by atoms with Crippen LogP contribution in [0.2, 0.25) is 0 Å².